The van der Waals surface area contributed by atoms with Crippen LogP contribution in [0.3, 0.4) is 0 Å². The van der Waals surface area contributed by atoms with Crippen LogP contribution in [-0.2, 0) is 6.42 Å². The van der Waals surface area contributed by atoms with Gasteiger partial charge in [0.15, 0.2) is 10.9 Å². The number of benzene rings is 1. The molecule has 21 heavy (non-hydrogen) atoms. The van der Waals surface area contributed by atoms with Gasteiger partial charge in [0.2, 0.25) is 0 Å². The first-order valence-corrected chi connectivity index (χ1v) is 7.59. The summed E-state index contributed by atoms with van der Waals surface area (Å²) >= 11 is 1.17. The van der Waals surface area contributed by atoms with Crippen molar-refractivity contribution in [2.24, 2.45) is 0 Å². The smallest absolute Gasteiger partial charge is 0.251 e. The molecule has 0 fully saturated rings. The third kappa shape index (κ3) is 4.53. The van der Waals surface area contributed by atoms with Crippen molar-refractivity contribution in [3.63, 3.8) is 0 Å². The maximum absolute atomic E-state index is 12.8. The number of H-pyrrole nitrogens is 1. The van der Waals surface area contributed by atoms with Crippen molar-refractivity contribution in [2.75, 3.05) is 5.75 Å². The zero-order valence-electron chi connectivity index (χ0n) is 11.6. The average Bonchev–Trinajstić information content (AvgIpc) is 2.45. The van der Waals surface area contributed by atoms with Gasteiger partial charge in [0.1, 0.15) is 5.82 Å². The van der Waals surface area contributed by atoms with Gasteiger partial charge in [-0.05, 0) is 30.7 Å². The second-order valence-electron chi connectivity index (χ2n) is 4.51. The number of ketones is 1. The minimum atomic E-state index is -0.377. The molecule has 0 radical (unpaired) electrons. The molecule has 1 aromatic carbocycles. The van der Waals surface area contributed by atoms with Crippen LogP contribution in [-0.4, -0.2) is 21.5 Å². The molecule has 0 saturated heterocycles. The Morgan fingerprint density at radius 1 is 1.33 bits per heavy atom. The van der Waals surface area contributed by atoms with E-state index in [4.69, 9.17) is 0 Å². The number of Topliss-reactive ketones (excluding diaryl/α,β-unsaturated/α-hetero) is 1. The highest BCUT2D eigenvalue weighted by molar-refractivity contribution is 7.99. The van der Waals surface area contributed by atoms with Crippen molar-refractivity contribution in [1.29, 1.82) is 0 Å². The fourth-order valence-corrected chi connectivity index (χ4v) is 2.58. The lowest BCUT2D eigenvalue weighted by Gasteiger charge is -2.03. The van der Waals surface area contributed by atoms with Gasteiger partial charge in [-0.2, -0.15) is 0 Å². The Balaban J connectivity index is 2.04. The van der Waals surface area contributed by atoms with Crippen LogP contribution in [0.25, 0.3) is 0 Å². The second kappa shape index (κ2) is 7.17. The molecule has 2 aromatic rings. The van der Waals surface area contributed by atoms with E-state index in [9.17, 15) is 14.0 Å². The van der Waals surface area contributed by atoms with E-state index in [1.165, 1.54) is 42.1 Å². The Morgan fingerprint density at radius 3 is 2.71 bits per heavy atom. The molecule has 0 amide bonds. The van der Waals surface area contributed by atoms with Crippen molar-refractivity contribution >= 4 is 17.5 Å². The predicted molar refractivity (Wildman–Crippen MR) is 80.3 cm³/mol. The summed E-state index contributed by atoms with van der Waals surface area (Å²) in [5.41, 5.74) is 0.944. The molecule has 1 aromatic heterocycles. The highest BCUT2D eigenvalue weighted by Gasteiger charge is 2.09. The van der Waals surface area contributed by atoms with E-state index in [1.54, 1.807) is 0 Å². The number of halogens is 1. The topological polar surface area (TPSA) is 62.8 Å². The monoisotopic (exact) mass is 306 g/mol. The number of hydrogen-bond acceptors (Lipinski definition) is 4. The van der Waals surface area contributed by atoms with Crippen LogP contribution in [0.15, 0.2) is 40.3 Å². The van der Waals surface area contributed by atoms with Gasteiger partial charge in [0.05, 0.1) is 5.75 Å². The third-order valence-electron chi connectivity index (χ3n) is 2.79. The van der Waals surface area contributed by atoms with E-state index in [1.807, 2.05) is 6.92 Å². The summed E-state index contributed by atoms with van der Waals surface area (Å²) in [5.74, 6) is -0.370. The highest BCUT2D eigenvalue weighted by atomic mass is 32.2. The van der Waals surface area contributed by atoms with E-state index in [0.717, 1.165) is 18.5 Å². The Bertz CT molecular complexity index is 683. The van der Waals surface area contributed by atoms with Crippen LogP contribution in [0, 0.1) is 5.82 Å². The van der Waals surface area contributed by atoms with Crippen molar-refractivity contribution < 1.29 is 9.18 Å². The molecule has 0 spiro atoms. The Labute approximate surface area is 125 Å². The summed E-state index contributed by atoms with van der Waals surface area (Å²) in [4.78, 5) is 30.4. The lowest BCUT2D eigenvalue weighted by atomic mass is 10.1. The molecule has 6 heteroatoms. The van der Waals surface area contributed by atoms with Crippen LogP contribution in [0.4, 0.5) is 4.39 Å². The van der Waals surface area contributed by atoms with E-state index in [-0.39, 0.29) is 22.9 Å². The normalized spacial score (nSPS) is 10.6. The van der Waals surface area contributed by atoms with Gasteiger partial charge in [-0.15, -0.1) is 0 Å². The Morgan fingerprint density at radius 2 is 2.05 bits per heavy atom. The molecule has 0 bridgehead atoms. The van der Waals surface area contributed by atoms with Crippen molar-refractivity contribution in [3.05, 3.63) is 57.8 Å². The number of aromatic amines is 1. The van der Waals surface area contributed by atoms with E-state index in [0.29, 0.717) is 10.7 Å². The van der Waals surface area contributed by atoms with E-state index >= 15 is 0 Å². The molecule has 0 aliphatic carbocycles. The molecule has 2 rings (SSSR count). The fourth-order valence-electron chi connectivity index (χ4n) is 1.79. The molecule has 0 aliphatic heterocycles. The quantitative estimate of drug-likeness (QED) is 0.506. The summed E-state index contributed by atoms with van der Waals surface area (Å²) in [7, 11) is 0. The number of rotatable bonds is 6. The summed E-state index contributed by atoms with van der Waals surface area (Å²) in [6.45, 7) is 2.01. The molecule has 0 unspecified atom stereocenters. The number of aromatic nitrogens is 2. The number of nitrogens with one attached hydrogen (secondary N) is 1. The third-order valence-corrected chi connectivity index (χ3v) is 3.66. The standard InChI is InChI=1S/C15H15FN2O2S/c1-2-3-12-8-14(20)18-15(17-12)21-9-13(19)10-4-6-11(16)7-5-10/h4-8H,2-3,9H2,1H3,(H,17,18,20). The Kier molecular flexibility index (Phi) is 5.27. The predicted octanol–water partition coefficient (Wildman–Crippen LogP) is 2.84. The van der Waals surface area contributed by atoms with Crippen LogP contribution in [0.1, 0.15) is 29.4 Å². The second-order valence-corrected chi connectivity index (χ2v) is 5.47. The van der Waals surface area contributed by atoms with Gasteiger partial charge in [-0.1, -0.05) is 25.1 Å². The SMILES string of the molecule is CCCc1cc(=O)[nH]c(SCC(=O)c2ccc(F)cc2)n1. The fraction of sp³-hybridized carbons (Fsp3) is 0.267. The summed E-state index contributed by atoms with van der Waals surface area (Å²) in [6.07, 6.45) is 1.62. The van der Waals surface area contributed by atoms with Crippen LogP contribution >= 0.6 is 11.8 Å². The van der Waals surface area contributed by atoms with E-state index < -0.39 is 0 Å². The molecule has 1 heterocycles. The lowest BCUT2D eigenvalue weighted by Crippen LogP contribution is -2.11. The van der Waals surface area contributed by atoms with Crippen molar-refractivity contribution in [1.82, 2.24) is 9.97 Å². The van der Waals surface area contributed by atoms with Gasteiger partial charge in [-0.3, -0.25) is 9.59 Å². The van der Waals surface area contributed by atoms with Gasteiger partial charge in [-0.25, -0.2) is 9.37 Å². The zero-order chi connectivity index (χ0) is 15.2. The molecule has 0 aliphatic rings. The summed E-state index contributed by atoms with van der Waals surface area (Å²) in [5, 5.41) is 0.432. The van der Waals surface area contributed by atoms with Crippen LogP contribution < -0.4 is 5.56 Å². The first kappa shape index (κ1) is 15.4. The van der Waals surface area contributed by atoms with Crippen LogP contribution in [0.5, 0.6) is 0 Å². The van der Waals surface area contributed by atoms with Crippen molar-refractivity contribution in [2.45, 2.75) is 24.9 Å². The summed E-state index contributed by atoms with van der Waals surface area (Å²) in [6, 6.07) is 6.86. The maximum atomic E-state index is 12.8. The summed E-state index contributed by atoms with van der Waals surface area (Å²) < 4.78 is 12.8. The van der Waals surface area contributed by atoms with Crippen molar-refractivity contribution in [3.8, 4) is 0 Å². The van der Waals surface area contributed by atoms with Gasteiger partial charge < -0.3 is 4.98 Å². The largest absolute Gasteiger partial charge is 0.301 e. The molecule has 1 N–H and O–H groups in total. The number of carbonyl (C=O) groups is 1. The maximum Gasteiger partial charge on any atom is 0.251 e. The minimum absolute atomic E-state index is 0.136. The highest BCUT2D eigenvalue weighted by Crippen LogP contribution is 2.15. The number of nitrogens with zero attached hydrogens (tertiary/aromatic N) is 1. The van der Waals surface area contributed by atoms with E-state index in [2.05, 4.69) is 9.97 Å². The Hall–Kier alpha value is -1.95. The van der Waals surface area contributed by atoms with Gasteiger partial charge in [0, 0.05) is 17.3 Å². The first-order valence-electron chi connectivity index (χ1n) is 6.60. The minimum Gasteiger partial charge on any atom is -0.301 e. The molecule has 0 saturated carbocycles. The van der Waals surface area contributed by atoms with Gasteiger partial charge >= 0.3 is 0 Å². The molecule has 4 nitrogen and oxygen atoms in total. The molecule has 110 valence electrons. The average molecular weight is 306 g/mol. The molecule has 0 atom stereocenters. The zero-order valence-corrected chi connectivity index (χ0v) is 12.4. The molecular formula is C15H15FN2O2S. The number of thioether (sulfide) groups is 1. The van der Waals surface area contributed by atoms with Gasteiger partial charge in [0.25, 0.3) is 5.56 Å². The number of carbonyl (C=O) groups excluding carboxylic acids is 1. The molecular weight excluding hydrogens is 291 g/mol. The first-order chi connectivity index (χ1) is 10.1. The number of hydrogen-bond donors (Lipinski definition) is 1. The number of aryl methyl sites for hydroxylation is 1. The lowest BCUT2D eigenvalue weighted by molar-refractivity contribution is 0.102. The van der Waals surface area contributed by atoms with Crippen LogP contribution in [0.2, 0.25) is 0 Å².